The minimum absolute atomic E-state index is 0.242. The molecule has 2 N–H and O–H groups in total. The molecule has 0 fully saturated rings. The second-order valence-corrected chi connectivity index (χ2v) is 6.08. The molecule has 3 aromatic carbocycles. The fourth-order valence-corrected chi connectivity index (χ4v) is 2.82. The van der Waals surface area contributed by atoms with Crippen molar-refractivity contribution in [2.75, 3.05) is 0 Å². The first-order chi connectivity index (χ1) is 12.0. The molecule has 0 heterocycles. The number of carbonyl (C=O) groups excluding carboxylic acids is 1. The summed E-state index contributed by atoms with van der Waals surface area (Å²) >= 11 is 0. The Balaban J connectivity index is 1.83. The summed E-state index contributed by atoms with van der Waals surface area (Å²) in [7, 11) is 0. The predicted molar refractivity (Wildman–Crippen MR) is 97.7 cm³/mol. The maximum Gasteiger partial charge on any atom is 0.326 e. The molecule has 126 valence electrons. The molecular weight excluding hydrogens is 314 g/mol. The first kappa shape index (κ1) is 16.7. The first-order valence-electron chi connectivity index (χ1n) is 8.11. The third kappa shape index (κ3) is 3.86. The van der Waals surface area contributed by atoms with Crippen LogP contribution in [0, 0.1) is 6.92 Å². The Morgan fingerprint density at radius 1 is 0.960 bits per heavy atom. The number of hydrogen-bond acceptors (Lipinski definition) is 2. The number of aliphatic carboxylic acids is 1. The van der Waals surface area contributed by atoms with E-state index in [0.29, 0.717) is 5.56 Å². The molecule has 25 heavy (non-hydrogen) atoms. The predicted octanol–water partition coefficient (Wildman–Crippen LogP) is 3.57. The summed E-state index contributed by atoms with van der Waals surface area (Å²) in [5, 5.41) is 13.9. The first-order valence-corrected chi connectivity index (χ1v) is 8.11. The molecule has 0 aliphatic rings. The van der Waals surface area contributed by atoms with Crippen LogP contribution in [0.5, 0.6) is 0 Å². The van der Waals surface area contributed by atoms with Crippen LogP contribution in [0.3, 0.4) is 0 Å². The second-order valence-electron chi connectivity index (χ2n) is 6.08. The number of aryl methyl sites for hydroxylation is 1. The van der Waals surface area contributed by atoms with Gasteiger partial charge in [0, 0.05) is 12.0 Å². The standard InChI is InChI=1S/C21H19NO3/c1-14-9-11-15(12-10-14)13-19(21(24)25)22-20(23)18-8-4-6-16-5-2-3-7-17(16)18/h2-12,19H,13H2,1H3,(H,22,23)(H,24,25)/t19-/m1/s1. The van der Waals surface area contributed by atoms with E-state index in [0.717, 1.165) is 21.9 Å². The molecule has 3 rings (SSSR count). The van der Waals surface area contributed by atoms with Crippen molar-refractivity contribution in [2.24, 2.45) is 0 Å². The number of carboxylic acids is 1. The number of benzene rings is 3. The van der Waals surface area contributed by atoms with Crippen LogP contribution in [-0.2, 0) is 11.2 Å². The van der Waals surface area contributed by atoms with E-state index >= 15 is 0 Å². The van der Waals surface area contributed by atoms with E-state index in [1.54, 1.807) is 12.1 Å². The highest BCUT2D eigenvalue weighted by Gasteiger charge is 2.22. The average Bonchev–Trinajstić information content (AvgIpc) is 2.62. The van der Waals surface area contributed by atoms with Gasteiger partial charge in [-0.15, -0.1) is 0 Å². The minimum atomic E-state index is -1.05. The average molecular weight is 333 g/mol. The zero-order chi connectivity index (χ0) is 17.8. The van der Waals surface area contributed by atoms with Gasteiger partial charge in [-0.05, 0) is 29.3 Å². The molecule has 0 saturated carbocycles. The maximum absolute atomic E-state index is 12.6. The summed E-state index contributed by atoms with van der Waals surface area (Å²) in [5.41, 5.74) is 2.46. The fourth-order valence-electron chi connectivity index (χ4n) is 2.82. The molecule has 4 nitrogen and oxygen atoms in total. The van der Waals surface area contributed by atoms with Gasteiger partial charge in [0.25, 0.3) is 5.91 Å². The zero-order valence-corrected chi connectivity index (χ0v) is 13.9. The van der Waals surface area contributed by atoms with Crippen LogP contribution in [0.2, 0.25) is 0 Å². The molecular formula is C21H19NO3. The number of nitrogens with one attached hydrogen (secondary N) is 1. The highest BCUT2D eigenvalue weighted by Crippen LogP contribution is 2.18. The molecule has 3 aromatic rings. The Kier molecular flexibility index (Phi) is 4.80. The van der Waals surface area contributed by atoms with E-state index in [4.69, 9.17) is 0 Å². The van der Waals surface area contributed by atoms with Crippen molar-refractivity contribution in [1.29, 1.82) is 0 Å². The van der Waals surface area contributed by atoms with Gasteiger partial charge in [-0.2, -0.15) is 0 Å². The lowest BCUT2D eigenvalue weighted by molar-refractivity contribution is -0.139. The molecule has 0 unspecified atom stereocenters. The van der Waals surface area contributed by atoms with E-state index < -0.39 is 12.0 Å². The van der Waals surface area contributed by atoms with Crippen LogP contribution in [0.4, 0.5) is 0 Å². The van der Waals surface area contributed by atoms with Crippen molar-refractivity contribution >= 4 is 22.6 Å². The Morgan fingerprint density at radius 3 is 2.36 bits per heavy atom. The van der Waals surface area contributed by atoms with Crippen molar-refractivity contribution in [3.05, 3.63) is 83.4 Å². The summed E-state index contributed by atoms with van der Waals surface area (Å²) < 4.78 is 0. The third-order valence-electron chi connectivity index (χ3n) is 4.20. The van der Waals surface area contributed by atoms with Crippen LogP contribution in [0.1, 0.15) is 21.5 Å². The molecule has 0 radical (unpaired) electrons. The van der Waals surface area contributed by atoms with E-state index in [-0.39, 0.29) is 12.3 Å². The van der Waals surface area contributed by atoms with Crippen LogP contribution in [0.15, 0.2) is 66.7 Å². The van der Waals surface area contributed by atoms with Crippen molar-refractivity contribution in [3.8, 4) is 0 Å². The third-order valence-corrected chi connectivity index (χ3v) is 4.20. The minimum Gasteiger partial charge on any atom is -0.480 e. The van der Waals surface area contributed by atoms with E-state index in [1.807, 2.05) is 61.5 Å². The second kappa shape index (κ2) is 7.18. The molecule has 1 atom stereocenters. The highest BCUT2D eigenvalue weighted by molar-refractivity contribution is 6.07. The highest BCUT2D eigenvalue weighted by atomic mass is 16.4. The summed E-state index contributed by atoms with van der Waals surface area (Å²) in [5.74, 6) is -1.43. The van der Waals surface area contributed by atoms with Crippen molar-refractivity contribution in [3.63, 3.8) is 0 Å². The van der Waals surface area contributed by atoms with Gasteiger partial charge >= 0.3 is 5.97 Å². The van der Waals surface area contributed by atoms with Gasteiger partial charge in [0.05, 0.1) is 0 Å². The largest absolute Gasteiger partial charge is 0.480 e. The quantitative estimate of drug-likeness (QED) is 0.750. The Labute approximate surface area is 146 Å². The number of fused-ring (bicyclic) bond motifs is 1. The Morgan fingerprint density at radius 2 is 1.64 bits per heavy atom. The lowest BCUT2D eigenvalue weighted by Crippen LogP contribution is -2.42. The smallest absolute Gasteiger partial charge is 0.326 e. The monoisotopic (exact) mass is 333 g/mol. The van der Waals surface area contributed by atoms with Crippen molar-refractivity contribution in [2.45, 2.75) is 19.4 Å². The fraction of sp³-hybridized carbons (Fsp3) is 0.143. The zero-order valence-electron chi connectivity index (χ0n) is 13.9. The molecule has 0 aliphatic heterocycles. The van der Waals surface area contributed by atoms with Crippen LogP contribution in [-0.4, -0.2) is 23.0 Å². The van der Waals surface area contributed by atoms with Gasteiger partial charge in [-0.1, -0.05) is 66.2 Å². The summed E-state index contributed by atoms with van der Waals surface area (Å²) in [6.45, 7) is 1.97. The molecule has 0 saturated heterocycles. The summed E-state index contributed by atoms with van der Waals surface area (Å²) in [6, 6.07) is 19.6. The van der Waals surface area contributed by atoms with Crippen LogP contribution < -0.4 is 5.32 Å². The normalized spacial score (nSPS) is 11.9. The molecule has 0 aliphatic carbocycles. The van der Waals surface area contributed by atoms with Crippen LogP contribution >= 0.6 is 0 Å². The number of amides is 1. The van der Waals surface area contributed by atoms with Gasteiger partial charge in [0.2, 0.25) is 0 Å². The number of hydrogen-bond donors (Lipinski definition) is 2. The van der Waals surface area contributed by atoms with E-state index in [9.17, 15) is 14.7 Å². The van der Waals surface area contributed by atoms with Gasteiger partial charge < -0.3 is 10.4 Å². The molecule has 0 spiro atoms. The van der Waals surface area contributed by atoms with Crippen molar-refractivity contribution in [1.82, 2.24) is 5.32 Å². The van der Waals surface area contributed by atoms with Crippen LogP contribution in [0.25, 0.3) is 10.8 Å². The molecule has 4 heteroatoms. The lowest BCUT2D eigenvalue weighted by Gasteiger charge is -2.16. The Hall–Kier alpha value is -3.14. The maximum atomic E-state index is 12.6. The molecule has 0 bridgehead atoms. The number of carbonyl (C=O) groups is 2. The molecule has 0 aromatic heterocycles. The van der Waals surface area contributed by atoms with Crippen molar-refractivity contribution < 1.29 is 14.7 Å². The summed E-state index contributed by atoms with van der Waals surface area (Å²) in [6.07, 6.45) is 0.242. The number of carboxylic acid groups (broad SMARTS) is 1. The van der Waals surface area contributed by atoms with E-state index in [1.165, 1.54) is 0 Å². The SMILES string of the molecule is Cc1ccc(C[C@@H](NC(=O)c2cccc3ccccc23)C(=O)O)cc1. The van der Waals surface area contributed by atoms with Gasteiger partial charge in [-0.3, -0.25) is 4.79 Å². The summed E-state index contributed by atoms with van der Waals surface area (Å²) in [4.78, 5) is 24.2. The van der Waals surface area contributed by atoms with Gasteiger partial charge in [-0.25, -0.2) is 4.79 Å². The Bertz CT molecular complexity index is 911. The number of rotatable bonds is 5. The van der Waals surface area contributed by atoms with E-state index in [2.05, 4.69) is 5.32 Å². The molecule has 1 amide bonds. The topological polar surface area (TPSA) is 66.4 Å². The van der Waals surface area contributed by atoms with Gasteiger partial charge in [0.15, 0.2) is 0 Å². The van der Waals surface area contributed by atoms with Gasteiger partial charge in [0.1, 0.15) is 6.04 Å². The lowest BCUT2D eigenvalue weighted by atomic mass is 10.0.